The number of benzene rings is 2. The molecule has 0 radical (unpaired) electrons. The third-order valence-corrected chi connectivity index (χ3v) is 3.97. The molecule has 0 aromatic heterocycles. The molecule has 2 aromatic carbocycles. The van der Waals surface area contributed by atoms with Crippen molar-refractivity contribution in [1.82, 2.24) is 0 Å². The number of hydrogen-bond donors (Lipinski definition) is 1. The van der Waals surface area contributed by atoms with Gasteiger partial charge >= 0.3 is 0 Å². The fourth-order valence-electron chi connectivity index (χ4n) is 2.92. The quantitative estimate of drug-likeness (QED) is 0.859. The summed E-state index contributed by atoms with van der Waals surface area (Å²) in [5.74, 6) is 0.148. The molecule has 0 aliphatic carbocycles. The Bertz CT molecular complexity index is 651. The second-order valence-electron chi connectivity index (χ2n) is 5.55. The number of fused-ring (bicyclic) bond motifs is 1. The first-order valence-corrected chi connectivity index (χ1v) is 7.47. The first-order valence-electron chi connectivity index (χ1n) is 7.47. The molecule has 2 N–H and O–H groups in total. The Morgan fingerprint density at radius 1 is 1.10 bits per heavy atom. The van der Waals surface area contributed by atoms with Crippen molar-refractivity contribution in [1.29, 1.82) is 0 Å². The minimum absolute atomic E-state index is 0.148. The molecular weight excluding hydrogens is 260 g/mol. The van der Waals surface area contributed by atoms with Gasteiger partial charge in [0.05, 0.1) is 6.42 Å². The summed E-state index contributed by atoms with van der Waals surface area (Å²) in [5, 5.41) is 0. The lowest BCUT2D eigenvalue weighted by atomic mass is 10.1. The average Bonchev–Trinajstić information content (AvgIpc) is 2.69. The van der Waals surface area contributed by atoms with Crippen LogP contribution in [0.15, 0.2) is 48.5 Å². The van der Waals surface area contributed by atoms with Crippen LogP contribution in [0.1, 0.15) is 24.0 Å². The molecular formula is C18H20N2O. The Labute approximate surface area is 125 Å². The van der Waals surface area contributed by atoms with Gasteiger partial charge in [-0.05, 0) is 48.6 Å². The molecule has 0 spiro atoms. The van der Waals surface area contributed by atoms with Crippen LogP contribution in [0, 0.1) is 0 Å². The molecule has 108 valence electrons. The summed E-state index contributed by atoms with van der Waals surface area (Å²) >= 11 is 0. The molecule has 0 atom stereocenters. The normalized spacial score (nSPS) is 14.4. The molecule has 0 unspecified atom stereocenters. The molecule has 3 rings (SSSR count). The van der Waals surface area contributed by atoms with Crippen molar-refractivity contribution in [2.24, 2.45) is 0 Å². The van der Waals surface area contributed by atoms with Crippen LogP contribution in [0.4, 0.5) is 11.4 Å². The highest BCUT2D eigenvalue weighted by atomic mass is 16.2. The Balaban J connectivity index is 1.84. The molecule has 1 aliphatic heterocycles. The van der Waals surface area contributed by atoms with Crippen LogP contribution in [0.3, 0.4) is 0 Å². The predicted octanol–water partition coefficient (Wildman–Crippen LogP) is 3.18. The molecule has 1 aliphatic rings. The average molecular weight is 280 g/mol. The van der Waals surface area contributed by atoms with Gasteiger partial charge in [-0.3, -0.25) is 4.79 Å². The minimum atomic E-state index is 0.148. The minimum Gasteiger partial charge on any atom is -0.399 e. The summed E-state index contributed by atoms with van der Waals surface area (Å²) < 4.78 is 0. The van der Waals surface area contributed by atoms with Crippen LogP contribution < -0.4 is 10.6 Å². The number of nitrogen functional groups attached to an aromatic ring is 1. The van der Waals surface area contributed by atoms with Crippen molar-refractivity contribution in [3.8, 4) is 0 Å². The summed E-state index contributed by atoms with van der Waals surface area (Å²) in [5.41, 5.74) is 9.82. The molecule has 21 heavy (non-hydrogen) atoms. The standard InChI is InChI=1S/C18H20N2O/c19-16-9-5-6-14(12-16)13-18(21)20-11-4-3-8-15-7-1-2-10-17(15)20/h1-2,5-7,9-10,12H,3-4,8,11,13,19H2. The zero-order chi connectivity index (χ0) is 14.7. The lowest BCUT2D eigenvalue weighted by molar-refractivity contribution is -0.118. The monoisotopic (exact) mass is 280 g/mol. The number of nitrogens with two attached hydrogens (primary N) is 1. The first-order chi connectivity index (χ1) is 10.2. The van der Waals surface area contributed by atoms with Gasteiger partial charge in [0.2, 0.25) is 5.91 Å². The van der Waals surface area contributed by atoms with Crippen molar-refractivity contribution in [3.05, 3.63) is 59.7 Å². The van der Waals surface area contributed by atoms with E-state index in [4.69, 9.17) is 5.73 Å². The van der Waals surface area contributed by atoms with Crippen molar-refractivity contribution >= 4 is 17.3 Å². The zero-order valence-electron chi connectivity index (χ0n) is 12.1. The number of carbonyl (C=O) groups excluding carboxylic acids is 1. The summed E-state index contributed by atoms with van der Waals surface area (Å²) in [6.45, 7) is 0.804. The van der Waals surface area contributed by atoms with Crippen LogP contribution in [-0.4, -0.2) is 12.5 Å². The Kier molecular flexibility index (Phi) is 3.91. The first kappa shape index (κ1) is 13.7. The van der Waals surface area contributed by atoms with E-state index in [-0.39, 0.29) is 5.91 Å². The molecule has 0 saturated heterocycles. The highest BCUT2D eigenvalue weighted by Crippen LogP contribution is 2.26. The molecule has 0 bridgehead atoms. The summed E-state index contributed by atoms with van der Waals surface area (Å²) in [4.78, 5) is 14.6. The van der Waals surface area contributed by atoms with E-state index in [0.29, 0.717) is 12.1 Å². The number of anilines is 2. The van der Waals surface area contributed by atoms with Crippen LogP contribution in [0.25, 0.3) is 0 Å². The number of carbonyl (C=O) groups is 1. The molecule has 3 heteroatoms. The topological polar surface area (TPSA) is 46.3 Å². The number of nitrogens with zero attached hydrogens (tertiary/aromatic N) is 1. The van der Waals surface area contributed by atoms with E-state index in [1.165, 1.54) is 5.56 Å². The van der Waals surface area contributed by atoms with Crippen LogP contribution >= 0.6 is 0 Å². The van der Waals surface area contributed by atoms with Crippen molar-refractivity contribution in [2.45, 2.75) is 25.7 Å². The fraction of sp³-hybridized carbons (Fsp3) is 0.278. The van der Waals surface area contributed by atoms with E-state index in [9.17, 15) is 4.79 Å². The Hall–Kier alpha value is -2.29. The van der Waals surface area contributed by atoms with Crippen LogP contribution in [0.5, 0.6) is 0 Å². The highest BCUT2D eigenvalue weighted by Gasteiger charge is 2.20. The summed E-state index contributed by atoms with van der Waals surface area (Å²) in [6.07, 6.45) is 3.65. The van der Waals surface area contributed by atoms with Gasteiger partial charge in [0.25, 0.3) is 0 Å². The lowest BCUT2D eigenvalue weighted by Crippen LogP contribution is -2.33. The largest absolute Gasteiger partial charge is 0.399 e. The fourth-order valence-corrected chi connectivity index (χ4v) is 2.92. The summed E-state index contributed by atoms with van der Waals surface area (Å²) in [7, 11) is 0. The van der Waals surface area contributed by atoms with Gasteiger partial charge in [-0.15, -0.1) is 0 Å². The van der Waals surface area contributed by atoms with E-state index in [0.717, 1.165) is 37.1 Å². The van der Waals surface area contributed by atoms with Gasteiger partial charge in [-0.1, -0.05) is 30.3 Å². The molecule has 0 saturated carbocycles. The number of hydrogen-bond acceptors (Lipinski definition) is 2. The summed E-state index contributed by atoms with van der Waals surface area (Å²) in [6, 6.07) is 15.8. The number of amides is 1. The molecule has 2 aromatic rings. The molecule has 1 amide bonds. The third kappa shape index (κ3) is 3.07. The number of aryl methyl sites for hydroxylation is 1. The second-order valence-corrected chi connectivity index (χ2v) is 5.55. The maximum Gasteiger partial charge on any atom is 0.231 e. The van der Waals surface area contributed by atoms with Gasteiger partial charge < -0.3 is 10.6 Å². The highest BCUT2D eigenvalue weighted by molar-refractivity contribution is 5.95. The predicted molar refractivity (Wildman–Crippen MR) is 86.3 cm³/mol. The van der Waals surface area contributed by atoms with Gasteiger partial charge in [0, 0.05) is 17.9 Å². The van der Waals surface area contributed by atoms with Gasteiger partial charge in [0.15, 0.2) is 0 Å². The van der Waals surface area contributed by atoms with Crippen LogP contribution in [-0.2, 0) is 17.6 Å². The molecule has 0 fully saturated rings. The third-order valence-electron chi connectivity index (χ3n) is 3.97. The van der Waals surface area contributed by atoms with Crippen molar-refractivity contribution < 1.29 is 4.79 Å². The second kappa shape index (κ2) is 6.00. The van der Waals surface area contributed by atoms with Crippen LogP contribution in [0.2, 0.25) is 0 Å². The zero-order valence-corrected chi connectivity index (χ0v) is 12.1. The lowest BCUT2D eigenvalue weighted by Gasteiger charge is -2.23. The number of rotatable bonds is 2. The molecule has 3 nitrogen and oxygen atoms in total. The van der Waals surface area contributed by atoms with Gasteiger partial charge in [0.1, 0.15) is 0 Å². The smallest absolute Gasteiger partial charge is 0.231 e. The van der Waals surface area contributed by atoms with Crippen molar-refractivity contribution in [2.75, 3.05) is 17.2 Å². The van der Waals surface area contributed by atoms with Crippen molar-refractivity contribution in [3.63, 3.8) is 0 Å². The van der Waals surface area contributed by atoms with E-state index in [1.54, 1.807) is 0 Å². The van der Waals surface area contributed by atoms with E-state index in [2.05, 4.69) is 12.1 Å². The Morgan fingerprint density at radius 3 is 2.81 bits per heavy atom. The van der Waals surface area contributed by atoms with Gasteiger partial charge in [-0.2, -0.15) is 0 Å². The van der Waals surface area contributed by atoms with E-state index < -0.39 is 0 Å². The molecule has 1 heterocycles. The maximum atomic E-state index is 12.7. The SMILES string of the molecule is Nc1cccc(CC(=O)N2CCCCc3ccccc32)c1. The van der Waals surface area contributed by atoms with E-state index >= 15 is 0 Å². The Morgan fingerprint density at radius 2 is 1.95 bits per heavy atom. The van der Waals surface area contributed by atoms with Gasteiger partial charge in [-0.25, -0.2) is 0 Å². The van der Waals surface area contributed by atoms with E-state index in [1.807, 2.05) is 41.3 Å². The number of para-hydroxylation sites is 1. The maximum absolute atomic E-state index is 12.7.